The number of nitrogens with one attached hydrogen (secondary N) is 1. The molecule has 0 aliphatic rings. The third-order valence-corrected chi connectivity index (χ3v) is 5.57. The Hall–Kier alpha value is -1.29. The van der Waals surface area contributed by atoms with Gasteiger partial charge in [-0.25, -0.2) is 13.1 Å². The molecule has 0 spiro atoms. The number of hydrogen-bond acceptors (Lipinski definition) is 6. The van der Waals surface area contributed by atoms with E-state index in [2.05, 4.69) is 14.9 Å². The van der Waals surface area contributed by atoms with Crippen molar-refractivity contribution in [2.45, 2.75) is 24.8 Å². The van der Waals surface area contributed by atoms with Crippen LogP contribution in [0.3, 0.4) is 0 Å². The first-order chi connectivity index (χ1) is 9.44. The van der Waals surface area contributed by atoms with Crippen LogP contribution in [0.25, 0.3) is 0 Å². The van der Waals surface area contributed by atoms with Gasteiger partial charge >= 0.3 is 0 Å². The van der Waals surface area contributed by atoms with Crippen molar-refractivity contribution >= 4 is 21.4 Å². The van der Waals surface area contributed by atoms with Crippen LogP contribution in [0.4, 0.5) is 0 Å². The highest BCUT2D eigenvalue weighted by molar-refractivity contribution is 7.89. The molecule has 0 saturated heterocycles. The van der Waals surface area contributed by atoms with Crippen LogP contribution in [0.1, 0.15) is 15.6 Å². The molecule has 0 aliphatic heterocycles. The van der Waals surface area contributed by atoms with Gasteiger partial charge in [-0.2, -0.15) is 0 Å². The quantitative estimate of drug-likeness (QED) is 0.793. The summed E-state index contributed by atoms with van der Waals surface area (Å²) in [6, 6.07) is 1.50. The number of aryl methyl sites for hydroxylation is 2. The standard InChI is InChI=1S/C11H16N4O3S2/c1-8-10(5-9(6-16)19-8)20(17,18)13-4-3-11-14-12-7-15(11)2/h5,7,13,16H,3-4,6H2,1-2H3. The summed E-state index contributed by atoms with van der Waals surface area (Å²) < 4.78 is 28.6. The van der Waals surface area contributed by atoms with Crippen molar-refractivity contribution in [3.05, 3.63) is 28.0 Å². The van der Waals surface area contributed by atoms with Gasteiger partial charge in [0.15, 0.2) is 0 Å². The van der Waals surface area contributed by atoms with Gasteiger partial charge in [0.05, 0.1) is 11.5 Å². The van der Waals surface area contributed by atoms with Gasteiger partial charge in [-0.15, -0.1) is 21.5 Å². The van der Waals surface area contributed by atoms with Crippen molar-refractivity contribution in [2.24, 2.45) is 7.05 Å². The van der Waals surface area contributed by atoms with Gasteiger partial charge in [-0.1, -0.05) is 0 Å². The van der Waals surface area contributed by atoms with Crippen LogP contribution in [0.15, 0.2) is 17.3 Å². The number of thiophene rings is 1. The lowest BCUT2D eigenvalue weighted by Gasteiger charge is -2.05. The van der Waals surface area contributed by atoms with Crippen LogP contribution >= 0.6 is 11.3 Å². The van der Waals surface area contributed by atoms with Crippen LogP contribution in [-0.2, 0) is 30.1 Å². The number of rotatable bonds is 6. The molecular weight excluding hydrogens is 300 g/mol. The molecule has 0 bridgehead atoms. The van der Waals surface area contributed by atoms with E-state index in [1.165, 1.54) is 17.4 Å². The second kappa shape index (κ2) is 6.00. The topological polar surface area (TPSA) is 97.1 Å². The third-order valence-electron chi connectivity index (χ3n) is 2.81. The fraction of sp³-hybridized carbons (Fsp3) is 0.455. The molecule has 0 fully saturated rings. The molecule has 20 heavy (non-hydrogen) atoms. The lowest BCUT2D eigenvalue weighted by molar-refractivity contribution is 0.285. The molecule has 0 unspecified atom stereocenters. The van der Waals surface area contributed by atoms with Crippen LogP contribution in [0.5, 0.6) is 0 Å². The molecule has 0 aromatic carbocycles. The van der Waals surface area contributed by atoms with E-state index in [-0.39, 0.29) is 18.0 Å². The Labute approximate surface area is 121 Å². The van der Waals surface area contributed by atoms with E-state index >= 15 is 0 Å². The lowest BCUT2D eigenvalue weighted by atomic mass is 10.4. The predicted octanol–water partition coefficient (Wildman–Crippen LogP) is 0.198. The number of sulfonamides is 1. The van der Waals surface area contributed by atoms with E-state index < -0.39 is 10.0 Å². The fourth-order valence-electron chi connectivity index (χ4n) is 1.78. The van der Waals surface area contributed by atoms with Crippen molar-refractivity contribution in [1.82, 2.24) is 19.5 Å². The molecule has 2 heterocycles. The van der Waals surface area contributed by atoms with Crippen molar-refractivity contribution in [3.63, 3.8) is 0 Å². The highest BCUT2D eigenvalue weighted by Gasteiger charge is 2.19. The Bertz CT molecular complexity index is 690. The Morgan fingerprint density at radius 1 is 1.50 bits per heavy atom. The van der Waals surface area contributed by atoms with Crippen molar-refractivity contribution in [3.8, 4) is 0 Å². The normalized spacial score (nSPS) is 11.9. The molecule has 0 aliphatic carbocycles. The molecule has 0 radical (unpaired) electrons. The molecule has 110 valence electrons. The monoisotopic (exact) mass is 316 g/mol. The zero-order valence-electron chi connectivity index (χ0n) is 11.2. The van der Waals surface area contributed by atoms with Gasteiger partial charge in [0.2, 0.25) is 10.0 Å². The van der Waals surface area contributed by atoms with E-state index in [1.54, 1.807) is 24.9 Å². The summed E-state index contributed by atoms with van der Waals surface area (Å²) in [6.45, 7) is 1.82. The summed E-state index contributed by atoms with van der Waals surface area (Å²) in [6.07, 6.45) is 2.03. The lowest BCUT2D eigenvalue weighted by Crippen LogP contribution is -2.26. The first-order valence-electron chi connectivity index (χ1n) is 5.96. The molecular formula is C11H16N4O3S2. The van der Waals surface area contributed by atoms with Crippen LogP contribution in [0.2, 0.25) is 0 Å². The van der Waals surface area contributed by atoms with Crippen molar-refractivity contribution < 1.29 is 13.5 Å². The molecule has 7 nitrogen and oxygen atoms in total. The minimum atomic E-state index is -3.55. The SMILES string of the molecule is Cc1sc(CO)cc1S(=O)(=O)NCCc1nncn1C. The molecule has 2 aromatic rings. The summed E-state index contributed by atoms with van der Waals surface area (Å²) in [5, 5.41) is 16.7. The second-order valence-corrected chi connectivity index (χ2v) is 7.37. The smallest absolute Gasteiger partial charge is 0.241 e. The number of aliphatic hydroxyl groups is 1. The summed E-state index contributed by atoms with van der Waals surface area (Å²) in [5.74, 6) is 0.714. The predicted molar refractivity (Wildman–Crippen MR) is 74.9 cm³/mol. The van der Waals surface area contributed by atoms with E-state index in [4.69, 9.17) is 5.11 Å². The number of hydrogen-bond donors (Lipinski definition) is 2. The van der Waals surface area contributed by atoms with Gasteiger partial charge < -0.3 is 9.67 Å². The van der Waals surface area contributed by atoms with Crippen molar-refractivity contribution in [2.75, 3.05) is 6.54 Å². The fourth-order valence-corrected chi connectivity index (χ4v) is 4.30. The second-order valence-electron chi connectivity index (χ2n) is 4.30. The van der Waals surface area contributed by atoms with Gasteiger partial charge in [0.25, 0.3) is 0 Å². The van der Waals surface area contributed by atoms with Crippen molar-refractivity contribution in [1.29, 1.82) is 0 Å². The van der Waals surface area contributed by atoms with E-state index in [0.717, 1.165) is 0 Å². The Morgan fingerprint density at radius 3 is 2.80 bits per heavy atom. The van der Waals surface area contributed by atoms with Crippen LogP contribution in [-0.4, -0.2) is 34.8 Å². The number of aliphatic hydroxyl groups excluding tert-OH is 1. The first-order valence-corrected chi connectivity index (χ1v) is 8.26. The summed E-state index contributed by atoms with van der Waals surface area (Å²) in [7, 11) is -1.75. The van der Waals surface area contributed by atoms with Gasteiger partial charge in [-0.05, 0) is 13.0 Å². The van der Waals surface area contributed by atoms with Gasteiger partial charge in [0, 0.05) is 29.8 Å². The summed E-state index contributed by atoms with van der Waals surface area (Å²) in [5.41, 5.74) is 0. The minimum Gasteiger partial charge on any atom is -0.391 e. The number of nitrogens with zero attached hydrogens (tertiary/aromatic N) is 3. The molecule has 2 N–H and O–H groups in total. The maximum absolute atomic E-state index is 12.2. The number of aromatic nitrogens is 3. The third kappa shape index (κ3) is 3.23. The Kier molecular flexibility index (Phi) is 4.53. The largest absolute Gasteiger partial charge is 0.391 e. The maximum atomic E-state index is 12.2. The van der Waals surface area contributed by atoms with E-state index in [0.29, 0.717) is 22.0 Å². The average Bonchev–Trinajstić information content (AvgIpc) is 2.96. The molecule has 0 atom stereocenters. The van der Waals surface area contributed by atoms with Gasteiger partial charge in [0.1, 0.15) is 12.2 Å². The summed E-state index contributed by atoms with van der Waals surface area (Å²) >= 11 is 1.28. The first kappa shape index (κ1) is 15.1. The van der Waals surface area contributed by atoms with Crippen LogP contribution in [0, 0.1) is 6.92 Å². The minimum absolute atomic E-state index is 0.153. The van der Waals surface area contributed by atoms with E-state index in [1.807, 2.05) is 0 Å². The molecule has 9 heteroatoms. The Balaban J connectivity index is 2.04. The molecule has 2 aromatic heterocycles. The molecule has 2 rings (SSSR count). The Morgan fingerprint density at radius 2 is 2.25 bits per heavy atom. The maximum Gasteiger partial charge on any atom is 0.241 e. The zero-order valence-corrected chi connectivity index (χ0v) is 12.8. The highest BCUT2D eigenvalue weighted by Crippen LogP contribution is 2.25. The molecule has 0 saturated carbocycles. The zero-order chi connectivity index (χ0) is 14.8. The van der Waals surface area contributed by atoms with Crippen LogP contribution < -0.4 is 4.72 Å². The molecule has 0 amide bonds. The van der Waals surface area contributed by atoms with Gasteiger partial charge in [-0.3, -0.25) is 0 Å². The average molecular weight is 316 g/mol. The van der Waals surface area contributed by atoms with E-state index in [9.17, 15) is 8.42 Å². The summed E-state index contributed by atoms with van der Waals surface area (Å²) in [4.78, 5) is 1.53. The highest BCUT2D eigenvalue weighted by atomic mass is 32.2.